The minimum absolute atomic E-state index is 0. The van der Waals surface area contributed by atoms with Crippen LogP contribution < -0.4 is 10.1 Å². The van der Waals surface area contributed by atoms with Crippen LogP contribution in [0.5, 0.6) is 5.75 Å². The number of nitrogens with zero attached hydrogens (tertiary/aromatic N) is 1. The Morgan fingerprint density at radius 2 is 2.00 bits per heavy atom. The highest BCUT2D eigenvalue weighted by molar-refractivity contribution is 5.97. The minimum atomic E-state index is 0. The third-order valence-electron chi connectivity index (χ3n) is 4.15. The maximum Gasteiger partial charge on any atom is 0.257 e. The van der Waals surface area contributed by atoms with Crippen molar-refractivity contribution in [3.63, 3.8) is 0 Å². The van der Waals surface area contributed by atoms with Crippen LogP contribution >= 0.6 is 12.4 Å². The molecule has 0 bridgehead atoms. The van der Waals surface area contributed by atoms with E-state index in [1.807, 2.05) is 29.2 Å². The number of hydrogen-bond donors (Lipinski definition) is 1. The third-order valence-corrected chi connectivity index (χ3v) is 4.15. The average Bonchev–Trinajstić information content (AvgIpc) is 3.06. The van der Waals surface area contributed by atoms with Crippen molar-refractivity contribution < 1.29 is 9.53 Å². The van der Waals surface area contributed by atoms with Crippen molar-refractivity contribution in [2.75, 3.05) is 32.8 Å². The Morgan fingerprint density at radius 1 is 1.33 bits per heavy atom. The highest BCUT2D eigenvalue weighted by Crippen LogP contribution is 2.29. The first kappa shape index (κ1) is 15.9. The Hall–Kier alpha value is -1.52. The van der Waals surface area contributed by atoms with E-state index < -0.39 is 0 Å². The van der Waals surface area contributed by atoms with Gasteiger partial charge < -0.3 is 15.0 Å². The lowest BCUT2D eigenvalue weighted by Gasteiger charge is -2.19. The molecule has 1 aromatic carbocycles. The molecule has 5 heteroatoms. The molecule has 0 aromatic heterocycles. The third kappa shape index (κ3) is 3.22. The summed E-state index contributed by atoms with van der Waals surface area (Å²) in [6, 6.07) is 7.45. The van der Waals surface area contributed by atoms with Gasteiger partial charge in [0.15, 0.2) is 0 Å². The van der Waals surface area contributed by atoms with Crippen LogP contribution in [0.2, 0.25) is 0 Å². The molecule has 1 aromatic rings. The molecule has 0 spiro atoms. The standard InChI is InChI=1S/C16H20N2O2.ClH/c1-2-7-20-15-6-4-3-5-14(15)16(19)18-10-12-8-17-9-13(12)11-18;/h2-6,12-13,17H,1,7-11H2;1H/t12-,13+;. The number of hydrogen-bond acceptors (Lipinski definition) is 3. The van der Waals surface area contributed by atoms with Crippen molar-refractivity contribution in [2.24, 2.45) is 11.8 Å². The van der Waals surface area contributed by atoms with Crippen LogP contribution in [0.3, 0.4) is 0 Å². The number of ether oxygens (including phenoxy) is 1. The number of carbonyl (C=O) groups excluding carboxylic acids is 1. The summed E-state index contributed by atoms with van der Waals surface area (Å²) < 4.78 is 5.58. The second kappa shape index (κ2) is 6.96. The van der Waals surface area contributed by atoms with Gasteiger partial charge in [0.2, 0.25) is 0 Å². The zero-order valence-corrected chi connectivity index (χ0v) is 12.8. The van der Waals surface area contributed by atoms with E-state index in [4.69, 9.17) is 4.74 Å². The minimum Gasteiger partial charge on any atom is -0.489 e. The second-order valence-electron chi connectivity index (χ2n) is 5.48. The molecule has 21 heavy (non-hydrogen) atoms. The molecule has 0 unspecified atom stereocenters. The van der Waals surface area contributed by atoms with Crippen molar-refractivity contribution in [3.8, 4) is 5.75 Å². The van der Waals surface area contributed by atoms with Crippen molar-refractivity contribution in [2.45, 2.75) is 0 Å². The van der Waals surface area contributed by atoms with E-state index in [0.717, 1.165) is 26.2 Å². The maximum atomic E-state index is 12.7. The first-order valence-electron chi connectivity index (χ1n) is 7.12. The van der Waals surface area contributed by atoms with E-state index >= 15 is 0 Å². The number of benzene rings is 1. The van der Waals surface area contributed by atoms with Crippen LogP contribution in [0, 0.1) is 11.8 Å². The largest absolute Gasteiger partial charge is 0.489 e. The van der Waals surface area contributed by atoms with E-state index in [0.29, 0.717) is 29.8 Å². The van der Waals surface area contributed by atoms with Crippen LogP contribution in [0.1, 0.15) is 10.4 Å². The summed E-state index contributed by atoms with van der Waals surface area (Å²) in [5, 5.41) is 3.39. The average molecular weight is 309 g/mol. The van der Waals surface area contributed by atoms with Crippen LogP contribution in [-0.2, 0) is 0 Å². The lowest BCUT2D eigenvalue weighted by molar-refractivity contribution is 0.0778. The van der Waals surface area contributed by atoms with Crippen LogP contribution in [0.4, 0.5) is 0 Å². The molecular formula is C16H21ClN2O2. The quantitative estimate of drug-likeness (QED) is 0.865. The number of nitrogens with one attached hydrogen (secondary N) is 1. The molecule has 2 aliphatic heterocycles. The van der Waals surface area contributed by atoms with Crippen LogP contribution in [0.25, 0.3) is 0 Å². The Morgan fingerprint density at radius 3 is 2.67 bits per heavy atom. The predicted octanol–water partition coefficient (Wildman–Crippen LogP) is 1.96. The number of para-hydroxylation sites is 1. The number of carbonyl (C=O) groups is 1. The van der Waals surface area contributed by atoms with E-state index in [-0.39, 0.29) is 18.3 Å². The molecule has 2 atom stereocenters. The van der Waals surface area contributed by atoms with E-state index in [9.17, 15) is 4.79 Å². The van der Waals surface area contributed by atoms with Gasteiger partial charge in [-0.25, -0.2) is 0 Å². The van der Waals surface area contributed by atoms with Crippen LogP contribution in [-0.4, -0.2) is 43.6 Å². The summed E-state index contributed by atoms with van der Waals surface area (Å²) in [7, 11) is 0. The van der Waals surface area contributed by atoms with Gasteiger partial charge in [0.05, 0.1) is 5.56 Å². The molecule has 1 N–H and O–H groups in total. The number of likely N-dealkylation sites (tertiary alicyclic amines) is 1. The van der Waals surface area contributed by atoms with Crippen molar-refractivity contribution in [3.05, 3.63) is 42.5 Å². The molecule has 2 aliphatic rings. The van der Waals surface area contributed by atoms with Gasteiger partial charge in [-0.15, -0.1) is 12.4 Å². The topological polar surface area (TPSA) is 41.6 Å². The van der Waals surface area contributed by atoms with E-state index in [1.165, 1.54) is 0 Å². The van der Waals surface area contributed by atoms with E-state index in [2.05, 4.69) is 11.9 Å². The first-order valence-corrected chi connectivity index (χ1v) is 7.12. The van der Waals surface area contributed by atoms with Crippen LogP contribution in [0.15, 0.2) is 36.9 Å². The maximum absolute atomic E-state index is 12.7. The van der Waals surface area contributed by atoms with Gasteiger partial charge in [0.1, 0.15) is 12.4 Å². The van der Waals surface area contributed by atoms with Gasteiger partial charge in [0, 0.05) is 26.2 Å². The molecule has 1 amide bonds. The summed E-state index contributed by atoms with van der Waals surface area (Å²) in [5.41, 5.74) is 0.655. The highest BCUT2D eigenvalue weighted by atomic mass is 35.5. The monoisotopic (exact) mass is 308 g/mol. The summed E-state index contributed by atoms with van der Waals surface area (Å²) in [6.07, 6.45) is 1.69. The van der Waals surface area contributed by atoms with Gasteiger partial charge in [-0.1, -0.05) is 24.8 Å². The predicted molar refractivity (Wildman–Crippen MR) is 85.1 cm³/mol. The molecule has 0 radical (unpaired) electrons. The Bertz CT molecular complexity index is 509. The summed E-state index contributed by atoms with van der Waals surface area (Å²) in [6.45, 7) is 7.82. The fourth-order valence-corrected chi connectivity index (χ4v) is 3.11. The van der Waals surface area contributed by atoms with Gasteiger partial charge >= 0.3 is 0 Å². The molecule has 2 fully saturated rings. The highest BCUT2D eigenvalue weighted by Gasteiger charge is 2.38. The fraction of sp³-hybridized carbons (Fsp3) is 0.438. The van der Waals surface area contributed by atoms with Gasteiger partial charge in [-0.2, -0.15) is 0 Å². The molecule has 0 saturated carbocycles. The molecule has 3 rings (SSSR count). The number of fused-ring (bicyclic) bond motifs is 1. The Kier molecular flexibility index (Phi) is 5.26. The summed E-state index contributed by atoms with van der Waals surface area (Å²) in [5.74, 6) is 1.95. The molecular weight excluding hydrogens is 288 g/mol. The summed E-state index contributed by atoms with van der Waals surface area (Å²) in [4.78, 5) is 14.6. The lowest BCUT2D eigenvalue weighted by Crippen LogP contribution is -2.32. The smallest absolute Gasteiger partial charge is 0.257 e. The zero-order valence-electron chi connectivity index (χ0n) is 12.0. The second-order valence-corrected chi connectivity index (χ2v) is 5.48. The van der Waals surface area contributed by atoms with Crippen molar-refractivity contribution >= 4 is 18.3 Å². The van der Waals surface area contributed by atoms with Crippen molar-refractivity contribution in [1.82, 2.24) is 10.2 Å². The zero-order chi connectivity index (χ0) is 13.9. The van der Waals surface area contributed by atoms with Gasteiger partial charge in [0.25, 0.3) is 5.91 Å². The lowest BCUT2D eigenvalue weighted by atomic mass is 10.0. The fourth-order valence-electron chi connectivity index (χ4n) is 3.11. The molecule has 0 aliphatic carbocycles. The molecule has 2 heterocycles. The SMILES string of the molecule is C=CCOc1ccccc1C(=O)N1C[C@H]2CNC[C@H]2C1.Cl. The molecule has 2 saturated heterocycles. The van der Waals surface area contributed by atoms with E-state index in [1.54, 1.807) is 6.08 Å². The number of rotatable bonds is 4. The Balaban J connectivity index is 0.00000161. The van der Waals surface area contributed by atoms with Crippen molar-refractivity contribution in [1.29, 1.82) is 0 Å². The summed E-state index contributed by atoms with van der Waals surface area (Å²) >= 11 is 0. The molecule has 114 valence electrons. The molecule has 4 nitrogen and oxygen atoms in total. The Labute approximate surface area is 131 Å². The van der Waals surface area contributed by atoms with Gasteiger partial charge in [-0.3, -0.25) is 4.79 Å². The number of amides is 1. The van der Waals surface area contributed by atoms with Gasteiger partial charge in [-0.05, 0) is 24.0 Å². The first-order chi connectivity index (χ1) is 9.79. The number of halogens is 1. The normalized spacial score (nSPS) is 23.3.